The minimum absolute atomic E-state index is 0.00907. The highest BCUT2D eigenvalue weighted by molar-refractivity contribution is 6.30. The number of imidazole rings is 1. The van der Waals surface area contributed by atoms with Crippen molar-refractivity contribution < 1.29 is 0 Å². The molecule has 4 nitrogen and oxygen atoms in total. The molecule has 1 aliphatic carbocycles. The number of nitriles is 1. The van der Waals surface area contributed by atoms with Crippen molar-refractivity contribution in [2.24, 2.45) is 7.05 Å². The summed E-state index contributed by atoms with van der Waals surface area (Å²) >= 11 is 6.24. The Morgan fingerprint density at radius 2 is 2.03 bits per heavy atom. The first-order chi connectivity index (χ1) is 14.6. The van der Waals surface area contributed by atoms with Crippen molar-refractivity contribution >= 4 is 17.2 Å². The Labute approximate surface area is 182 Å². The van der Waals surface area contributed by atoms with Crippen molar-refractivity contribution in [1.82, 2.24) is 14.9 Å². The molecule has 2 unspecified atom stereocenters. The SMILES string of the molecule is Cn1cncc1C(NC1C=C(c2cccc(Cl)c2)CCCC1)c1ccc(C#N)cc1. The van der Waals surface area contributed by atoms with Crippen LogP contribution in [-0.4, -0.2) is 15.6 Å². The molecule has 0 amide bonds. The molecule has 2 atom stereocenters. The average molecular weight is 417 g/mol. The van der Waals surface area contributed by atoms with Gasteiger partial charge < -0.3 is 4.57 Å². The largest absolute Gasteiger partial charge is 0.336 e. The van der Waals surface area contributed by atoms with E-state index in [1.807, 2.05) is 60.5 Å². The first kappa shape index (κ1) is 20.4. The number of hydrogen-bond donors (Lipinski definition) is 1. The van der Waals surface area contributed by atoms with Gasteiger partial charge in [-0.25, -0.2) is 4.98 Å². The molecule has 1 heterocycles. The molecule has 0 saturated heterocycles. The highest BCUT2D eigenvalue weighted by Gasteiger charge is 2.22. The topological polar surface area (TPSA) is 53.6 Å². The van der Waals surface area contributed by atoms with Crippen LogP contribution in [-0.2, 0) is 7.05 Å². The van der Waals surface area contributed by atoms with Gasteiger partial charge in [0, 0.05) is 18.1 Å². The molecule has 0 fully saturated rings. The zero-order chi connectivity index (χ0) is 20.9. The third-order valence-electron chi connectivity index (χ3n) is 5.71. The van der Waals surface area contributed by atoms with Crippen LogP contribution in [0.3, 0.4) is 0 Å². The molecular weight excluding hydrogens is 392 g/mol. The van der Waals surface area contributed by atoms with E-state index in [0.29, 0.717) is 5.56 Å². The predicted molar refractivity (Wildman–Crippen MR) is 121 cm³/mol. The maximum absolute atomic E-state index is 9.15. The van der Waals surface area contributed by atoms with E-state index in [-0.39, 0.29) is 12.1 Å². The van der Waals surface area contributed by atoms with Crippen LogP contribution in [0.4, 0.5) is 0 Å². The van der Waals surface area contributed by atoms with Crippen LogP contribution in [0.2, 0.25) is 5.02 Å². The van der Waals surface area contributed by atoms with Gasteiger partial charge in [-0.3, -0.25) is 5.32 Å². The van der Waals surface area contributed by atoms with E-state index in [4.69, 9.17) is 16.9 Å². The zero-order valence-corrected chi connectivity index (χ0v) is 17.8. The van der Waals surface area contributed by atoms with Gasteiger partial charge in [0.15, 0.2) is 0 Å². The second kappa shape index (κ2) is 9.30. The molecule has 1 N–H and O–H groups in total. The van der Waals surface area contributed by atoms with E-state index in [9.17, 15) is 0 Å². The maximum Gasteiger partial charge on any atom is 0.0991 e. The Morgan fingerprint density at radius 3 is 2.73 bits per heavy atom. The number of nitrogens with zero attached hydrogens (tertiary/aromatic N) is 3. The number of halogens is 1. The minimum Gasteiger partial charge on any atom is -0.336 e. The van der Waals surface area contributed by atoms with Crippen LogP contribution in [0, 0.1) is 11.3 Å². The number of rotatable bonds is 5. The average Bonchev–Trinajstić information content (AvgIpc) is 3.05. The van der Waals surface area contributed by atoms with Crippen molar-refractivity contribution in [3.05, 3.63) is 94.5 Å². The molecular formula is C25H25ClN4. The molecule has 1 aliphatic rings. The Morgan fingerprint density at radius 1 is 1.20 bits per heavy atom. The quantitative estimate of drug-likeness (QED) is 0.584. The van der Waals surface area contributed by atoms with Crippen LogP contribution in [0.15, 0.2) is 67.1 Å². The lowest BCUT2D eigenvalue weighted by atomic mass is 9.99. The normalized spacial score (nSPS) is 17.6. The molecule has 3 aromatic rings. The van der Waals surface area contributed by atoms with Crippen molar-refractivity contribution in [3.8, 4) is 6.07 Å². The van der Waals surface area contributed by atoms with Crippen LogP contribution >= 0.6 is 11.6 Å². The van der Waals surface area contributed by atoms with Crippen LogP contribution in [0.25, 0.3) is 5.57 Å². The van der Waals surface area contributed by atoms with Gasteiger partial charge in [-0.2, -0.15) is 5.26 Å². The Hall–Kier alpha value is -2.87. The van der Waals surface area contributed by atoms with Gasteiger partial charge in [-0.05, 0) is 60.2 Å². The van der Waals surface area contributed by atoms with Gasteiger partial charge in [-0.1, -0.05) is 48.4 Å². The fourth-order valence-corrected chi connectivity index (χ4v) is 4.30. The van der Waals surface area contributed by atoms with Crippen molar-refractivity contribution in [2.75, 3.05) is 0 Å². The lowest BCUT2D eigenvalue weighted by Crippen LogP contribution is -2.33. The van der Waals surface area contributed by atoms with Gasteiger partial charge in [0.1, 0.15) is 0 Å². The predicted octanol–water partition coefficient (Wildman–Crippen LogP) is 5.65. The minimum atomic E-state index is -0.00907. The van der Waals surface area contributed by atoms with E-state index >= 15 is 0 Å². The lowest BCUT2D eigenvalue weighted by Gasteiger charge is -2.25. The second-order valence-corrected chi connectivity index (χ2v) is 8.25. The summed E-state index contributed by atoms with van der Waals surface area (Å²) in [5, 5.41) is 13.8. The third-order valence-corrected chi connectivity index (χ3v) is 5.95. The van der Waals surface area contributed by atoms with E-state index in [2.05, 4.69) is 34.6 Å². The summed E-state index contributed by atoms with van der Waals surface area (Å²) in [7, 11) is 2.01. The maximum atomic E-state index is 9.15. The molecule has 30 heavy (non-hydrogen) atoms. The number of benzene rings is 2. The molecule has 0 aliphatic heterocycles. The Balaban J connectivity index is 1.66. The number of aryl methyl sites for hydroxylation is 1. The first-order valence-electron chi connectivity index (χ1n) is 10.3. The summed E-state index contributed by atoms with van der Waals surface area (Å²) in [5.74, 6) is 0. The van der Waals surface area contributed by atoms with E-state index in [0.717, 1.165) is 29.1 Å². The standard InChI is InChI=1S/C25H25ClN4/c1-30-17-28-16-24(30)25(19-11-9-18(15-27)10-12-19)29-23-8-3-2-5-21(14-23)20-6-4-7-22(26)13-20/h4,6-7,9-14,16-17,23,25,29H,2-3,5,8H2,1H3. The number of hydrogen-bond acceptors (Lipinski definition) is 3. The van der Waals surface area contributed by atoms with Gasteiger partial charge >= 0.3 is 0 Å². The summed E-state index contributed by atoms with van der Waals surface area (Å²) in [6.07, 6.45) is 10.6. The highest BCUT2D eigenvalue weighted by atomic mass is 35.5. The Kier molecular flexibility index (Phi) is 6.32. The lowest BCUT2D eigenvalue weighted by molar-refractivity contribution is 0.483. The van der Waals surface area contributed by atoms with Crippen molar-refractivity contribution in [2.45, 2.75) is 37.8 Å². The fourth-order valence-electron chi connectivity index (χ4n) is 4.11. The van der Waals surface area contributed by atoms with Gasteiger partial charge in [0.05, 0.1) is 35.9 Å². The van der Waals surface area contributed by atoms with E-state index < -0.39 is 0 Å². The molecule has 5 heteroatoms. The second-order valence-electron chi connectivity index (χ2n) is 7.82. The van der Waals surface area contributed by atoms with E-state index in [1.165, 1.54) is 24.0 Å². The molecule has 0 spiro atoms. The molecule has 0 radical (unpaired) electrons. The monoisotopic (exact) mass is 416 g/mol. The highest BCUT2D eigenvalue weighted by Crippen LogP contribution is 2.30. The molecule has 152 valence electrons. The summed E-state index contributed by atoms with van der Waals surface area (Å²) in [6, 6.07) is 18.4. The third kappa shape index (κ3) is 4.64. The summed E-state index contributed by atoms with van der Waals surface area (Å²) in [6.45, 7) is 0. The summed E-state index contributed by atoms with van der Waals surface area (Å²) < 4.78 is 2.05. The molecule has 4 rings (SSSR count). The first-order valence-corrected chi connectivity index (χ1v) is 10.7. The summed E-state index contributed by atoms with van der Waals surface area (Å²) in [4.78, 5) is 4.33. The molecule has 1 aromatic heterocycles. The van der Waals surface area contributed by atoms with Gasteiger partial charge in [-0.15, -0.1) is 0 Å². The van der Waals surface area contributed by atoms with Crippen molar-refractivity contribution in [3.63, 3.8) is 0 Å². The fraction of sp³-hybridized carbons (Fsp3) is 0.280. The zero-order valence-electron chi connectivity index (χ0n) is 17.1. The molecule has 0 bridgehead atoms. The van der Waals surface area contributed by atoms with Gasteiger partial charge in [0.25, 0.3) is 0 Å². The van der Waals surface area contributed by atoms with E-state index in [1.54, 1.807) is 0 Å². The van der Waals surface area contributed by atoms with Gasteiger partial charge in [0.2, 0.25) is 0 Å². The van der Waals surface area contributed by atoms with Crippen molar-refractivity contribution in [1.29, 1.82) is 5.26 Å². The number of nitrogens with one attached hydrogen (secondary N) is 1. The molecule has 0 saturated carbocycles. The van der Waals surface area contributed by atoms with Crippen LogP contribution < -0.4 is 5.32 Å². The number of allylic oxidation sites excluding steroid dienone is 1. The molecule has 2 aromatic carbocycles. The van der Waals surface area contributed by atoms with Crippen LogP contribution in [0.5, 0.6) is 0 Å². The smallest absolute Gasteiger partial charge is 0.0991 e. The number of aromatic nitrogens is 2. The Bertz CT molecular complexity index is 1080. The van der Waals surface area contributed by atoms with Crippen LogP contribution in [0.1, 0.15) is 54.1 Å². The summed E-state index contributed by atoms with van der Waals surface area (Å²) in [5.41, 5.74) is 5.43.